The van der Waals surface area contributed by atoms with E-state index in [1.54, 1.807) is 11.8 Å². The summed E-state index contributed by atoms with van der Waals surface area (Å²) in [5.41, 5.74) is 4.14. The number of rotatable bonds is 7. The highest BCUT2D eigenvalue weighted by Gasteiger charge is 2.18. The smallest absolute Gasteiger partial charge is 0.157 e. The summed E-state index contributed by atoms with van der Waals surface area (Å²) < 4.78 is 11.5. The number of H-pyrrole nitrogens is 1. The zero-order valence-corrected chi connectivity index (χ0v) is 17.1. The van der Waals surface area contributed by atoms with E-state index < -0.39 is 0 Å². The molecule has 3 aromatic rings. The van der Waals surface area contributed by atoms with Crippen LogP contribution >= 0.6 is 23.4 Å². The van der Waals surface area contributed by atoms with Crippen LogP contribution < -0.4 is 0 Å². The van der Waals surface area contributed by atoms with Gasteiger partial charge in [-0.3, -0.25) is 5.10 Å². The highest BCUT2D eigenvalue weighted by molar-refractivity contribution is 7.99. The lowest BCUT2D eigenvalue weighted by Gasteiger charge is -2.22. The Morgan fingerprint density at radius 1 is 1.11 bits per heavy atom. The molecular weight excluding hydrogens is 392 g/mol. The fourth-order valence-electron chi connectivity index (χ4n) is 3.31. The van der Waals surface area contributed by atoms with Crippen LogP contribution in [0.5, 0.6) is 0 Å². The Bertz CT molecular complexity index is 895. The molecule has 1 aliphatic heterocycles. The van der Waals surface area contributed by atoms with Crippen LogP contribution in [0.25, 0.3) is 22.4 Å². The van der Waals surface area contributed by atoms with Crippen LogP contribution in [0, 0.1) is 0 Å². The van der Waals surface area contributed by atoms with Gasteiger partial charge in [0.1, 0.15) is 5.69 Å². The predicted molar refractivity (Wildman–Crippen MR) is 115 cm³/mol. The molecule has 6 heteroatoms. The van der Waals surface area contributed by atoms with Crippen molar-refractivity contribution in [2.45, 2.75) is 30.6 Å². The Morgan fingerprint density at radius 3 is 2.75 bits per heavy atom. The molecule has 1 saturated heterocycles. The number of halogens is 1. The van der Waals surface area contributed by atoms with Gasteiger partial charge >= 0.3 is 0 Å². The van der Waals surface area contributed by atoms with Gasteiger partial charge in [0.15, 0.2) is 6.29 Å². The van der Waals surface area contributed by atoms with Crippen LogP contribution in [0.3, 0.4) is 0 Å². The van der Waals surface area contributed by atoms with Crippen molar-refractivity contribution in [3.05, 3.63) is 59.6 Å². The normalized spacial score (nSPS) is 17.0. The summed E-state index contributed by atoms with van der Waals surface area (Å²) in [5.74, 6) is 0.823. The zero-order chi connectivity index (χ0) is 19.2. The third kappa shape index (κ3) is 4.78. The minimum atomic E-state index is -0.0524. The molecule has 1 atom stereocenters. The second-order valence-corrected chi connectivity index (χ2v) is 8.21. The number of nitrogens with zero attached hydrogens (tertiary/aromatic N) is 1. The molecule has 28 heavy (non-hydrogen) atoms. The first-order valence-electron chi connectivity index (χ1n) is 9.57. The SMILES string of the molecule is Clc1cccc(-c2c(-c3ccccc3)n[nH]c2SCCOC2CCCCO2)c1. The van der Waals surface area contributed by atoms with Crippen LogP contribution in [0.15, 0.2) is 59.6 Å². The largest absolute Gasteiger partial charge is 0.353 e. The van der Waals surface area contributed by atoms with Gasteiger partial charge < -0.3 is 9.47 Å². The van der Waals surface area contributed by atoms with E-state index in [9.17, 15) is 0 Å². The van der Waals surface area contributed by atoms with Gasteiger partial charge in [0.2, 0.25) is 0 Å². The van der Waals surface area contributed by atoms with E-state index in [-0.39, 0.29) is 6.29 Å². The number of nitrogens with one attached hydrogen (secondary N) is 1. The first-order chi connectivity index (χ1) is 13.8. The van der Waals surface area contributed by atoms with Crippen molar-refractivity contribution in [2.75, 3.05) is 19.0 Å². The van der Waals surface area contributed by atoms with Crippen molar-refractivity contribution >= 4 is 23.4 Å². The highest BCUT2D eigenvalue weighted by Crippen LogP contribution is 2.38. The minimum absolute atomic E-state index is 0.0524. The van der Waals surface area contributed by atoms with Crippen LogP contribution in [-0.4, -0.2) is 35.5 Å². The molecule has 0 amide bonds. The maximum absolute atomic E-state index is 6.25. The average molecular weight is 415 g/mol. The summed E-state index contributed by atoms with van der Waals surface area (Å²) in [5, 5.41) is 9.56. The van der Waals surface area contributed by atoms with Crippen molar-refractivity contribution in [3.8, 4) is 22.4 Å². The standard InChI is InChI=1S/C22H23ClN2O2S/c23-18-10-6-9-17(15-18)20-21(16-7-2-1-3-8-16)24-25-22(20)28-14-13-27-19-11-4-5-12-26-19/h1-3,6-10,15,19H,4-5,11-14H2,(H,24,25). The number of thioether (sulfide) groups is 1. The molecule has 0 spiro atoms. The van der Waals surface area contributed by atoms with Gasteiger partial charge in [-0.25, -0.2) is 0 Å². The molecule has 146 valence electrons. The van der Waals surface area contributed by atoms with Crippen LogP contribution in [-0.2, 0) is 9.47 Å². The Hall–Kier alpha value is -1.79. The number of hydrogen-bond acceptors (Lipinski definition) is 4. The summed E-state index contributed by atoms with van der Waals surface area (Å²) in [6.07, 6.45) is 3.25. The van der Waals surface area contributed by atoms with E-state index in [2.05, 4.69) is 28.4 Å². The molecule has 0 aliphatic carbocycles. The molecule has 1 N–H and O–H groups in total. The molecule has 0 bridgehead atoms. The molecule has 1 aliphatic rings. The second-order valence-electron chi connectivity index (χ2n) is 6.67. The quantitative estimate of drug-likeness (QED) is 0.378. The maximum atomic E-state index is 6.25. The molecule has 4 rings (SSSR count). The number of ether oxygens (including phenoxy) is 2. The second kappa shape index (κ2) is 9.61. The lowest BCUT2D eigenvalue weighted by atomic mass is 10.0. The monoisotopic (exact) mass is 414 g/mol. The van der Waals surface area contributed by atoms with Gasteiger partial charge in [-0.15, -0.1) is 11.8 Å². The van der Waals surface area contributed by atoms with Gasteiger partial charge in [-0.1, -0.05) is 54.1 Å². The Morgan fingerprint density at radius 2 is 1.96 bits per heavy atom. The maximum Gasteiger partial charge on any atom is 0.157 e. The van der Waals surface area contributed by atoms with Crippen molar-refractivity contribution < 1.29 is 9.47 Å². The van der Waals surface area contributed by atoms with E-state index in [1.165, 1.54) is 6.42 Å². The third-order valence-electron chi connectivity index (χ3n) is 4.67. The lowest BCUT2D eigenvalue weighted by molar-refractivity contribution is -0.158. The molecule has 2 aromatic carbocycles. The molecule has 0 radical (unpaired) electrons. The lowest BCUT2D eigenvalue weighted by Crippen LogP contribution is -2.23. The van der Waals surface area contributed by atoms with Crippen molar-refractivity contribution in [1.82, 2.24) is 10.2 Å². The number of aromatic nitrogens is 2. The summed E-state index contributed by atoms with van der Waals surface area (Å²) in [4.78, 5) is 0. The molecule has 2 heterocycles. The van der Waals surface area contributed by atoms with Gasteiger partial charge in [-0.2, -0.15) is 5.10 Å². The summed E-state index contributed by atoms with van der Waals surface area (Å²) in [7, 11) is 0. The minimum Gasteiger partial charge on any atom is -0.353 e. The van der Waals surface area contributed by atoms with Crippen molar-refractivity contribution in [2.24, 2.45) is 0 Å². The van der Waals surface area contributed by atoms with Crippen molar-refractivity contribution in [1.29, 1.82) is 0 Å². The Labute approximate surface area is 174 Å². The molecule has 0 saturated carbocycles. The van der Waals surface area contributed by atoms with E-state index in [4.69, 9.17) is 21.1 Å². The van der Waals surface area contributed by atoms with E-state index in [1.807, 2.05) is 36.4 Å². The molecule has 1 aromatic heterocycles. The molecular formula is C22H23ClN2O2S. The Balaban J connectivity index is 1.52. The average Bonchev–Trinajstić information content (AvgIpc) is 3.16. The first-order valence-corrected chi connectivity index (χ1v) is 10.9. The topological polar surface area (TPSA) is 47.1 Å². The van der Waals surface area contributed by atoms with E-state index in [0.717, 1.165) is 52.6 Å². The number of benzene rings is 2. The number of hydrogen-bond donors (Lipinski definition) is 1. The van der Waals surface area contributed by atoms with Gasteiger partial charge in [-0.05, 0) is 37.0 Å². The van der Waals surface area contributed by atoms with Crippen molar-refractivity contribution in [3.63, 3.8) is 0 Å². The number of aromatic amines is 1. The molecule has 1 fully saturated rings. The van der Waals surface area contributed by atoms with Gasteiger partial charge in [0, 0.05) is 28.5 Å². The van der Waals surface area contributed by atoms with Gasteiger partial charge in [0.05, 0.1) is 11.6 Å². The van der Waals surface area contributed by atoms with E-state index in [0.29, 0.717) is 11.6 Å². The van der Waals surface area contributed by atoms with Gasteiger partial charge in [0.25, 0.3) is 0 Å². The summed E-state index contributed by atoms with van der Waals surface area (Å²) >= 11 is 7.96. The van der Waals surface area contributed by atoms with Crippen LogP contribution in [0.1, 0.15) is 19.3 Å². The molecule has 4 nitrogen and oxygen atoms in total. The highest BCUT2D eigenvalue weighted by atomic mass is 35.5. The fraction of sp³-hybridized carbons (Fsp3) is 0.318. The third-order valence-corrected chi connectivity index (χ3v) is 5.85. The zero-order valence-electron chi connectivity index (χ0n) is 15.6. The summed E-state index contributed by atoms with van der Waals surface area (Å²) in [6.45, 7) is 1.45. The van der Waals surface area contributed by atoms with Crippen LogP contribution in [0.2, 0.25) is 5.02 Å². The summed E-state index contributed by atoms with van der Waals surface area (Å²) in [6, 6.07) is 18.1. The fourth-order valence-corrected chi connectivity index (χ4v) is 4.36. The molecule has 1 unspecified atom stereocenters. The predicted octanol–water partition coefficient (Wildman–Crippen LogP) is 6.03. The van der Waals surface area contributed by atoms with Crippen LogP contribution in [0.4, 0.5) is 0 Å². The van der Waals surface area contributed by atoms with E-state index >= 15 is 0 Å². The Kier molecular flexibility index (Phi) is 6.70. The first kappa shape index (κ1) is 19.5.